The number of aromatic nitrogens is 4. The maximum Gasteiger partial charge on any atom is 0.164 e. The Labute approximate surface area is 338 Å². The standard InChI is InChI=1S/C53H32N4S/c1-2-13-33(14-3-1)34-25-27-36(28-26-34)51-54-52(41-22-12-18-35-15-6-7-19-39(35)41)56-53(55-51)43-29-30-46(50-49(43)42-21-9-11-24-48(42)58-50)57-45-23-10-8-20-40(45)44-31-37-16-4-5-17-38(37)32-47(44)57/h1-32H. The second kappa shape index (κ2) is 13.1. The molecule has 0 amide bonds. The first kappa shape index (κ1) is 32.7. The molecule has 0 atom stereocenters. The summed E-state index contributed by atoms with van der Waals surface area (Å²) in [5, 5.41) is 9.52. The molecule has 5 heteroatoms. The normalized spacial score (nSPS) is 11.8. The molecule has 4 nitrogen and oxygen atoms in total. The molecule has 0 saturated carbocycles. The highest BCUT2D eigenvalue weighted by Gasteiger charge is 2.22. The van der Waals surface area contributed by atoms with Crippen LogP contribution in [0.15, 0.2) is 194 Å². The molecule has 0 saturated heterocycles. The van der Waals surface area contributed by atoms with Crippen LogP contribution in [-0.2, 0) is 0 Å². The molecule has 0 bridgehead atoms. The van der Waals surface area contributed by atoms with Gasteiger partial charge in [0.25, 0.3) is 0 Å². The molecule has 3 heterocycles. The van der Waals surface area contributed by atoms with Crippen molar-refractivity contribution >= 4 is 74.9 Å². The van der Waals surface area contributed by atoms with Crippen molar-refractivity contribution in [2.24, 2.45) is 0 Å². The fourth-order valence-electron chi connectivity index (χ4n) is 8.70. The number of rotatable bonds is 5. The van der Waals surface area contributed by atoms with E-state index in [0.29, 0.717) is 17.5 Å². The van der Waals surface area contributed by atoms with E-state index in [4.69, 9.17) is 15.0 Å². The average Bonchev–Trinajstić information content (AvgIpc) is 3.84. The Hall–Kier alpha value is -7.47. The van der Waals surface area contributed by atoms with Gasteiger partial charge in [0, 0.05) is 42.9 Å². The van der Waals surface area contributed by atoms with E-state index < -0.39 is 0 Å². The number of nitrogens with zero attached hydrogens (tertiary/aromatic N) is 4. The van der Waals surface area contributed by atoms with E-state index >= 15 is 0 Å². The topological polar surface area (TPSA) is 43.6 Å². The molecule has 0 N–H and O–H groups in total. The first-order valence-electron chi connectivity index (χ1n) is 19.5. The first-order valence-corrected chi connectivity index (χ1v) is 20.3. The SMILES string of the molecule is c1ccc(-c2ccc(-c3nc(-c4cccc5ccccc45)nc(-c4ccc(-n5c6ccccc6c6cc7ccccc7cc65)c5sc6ccccc6c45)n3)cc2)cc1. The second-order valence-corrected chi connectivity index (χ2v) is 15.8. The van der Waals surface area contributed by atoms with Gasteiger partial charge in [-0.05, 0) is 69.1 Å². The van der Waals surface area contributed by atoms with Crippen molar-refractivity contribution in [1.29, 1.82) is 0 Å². The van der Waals surface area contributed by atoms with E-state index in [0.717, 1.165) is 44.1 Å². The van der Waals surface area contributed by atoms with Crippen molar-refractivity contribution in [1.82, 2.24) is 19.5 Å². The summed E-state index contributed by atoms with van der Waals surface area (Å²) >= 11 is 1.83. The predicted octanol–water partition coefficient (Wildman–Crippen LogP) is 14.3. The Bertz CT molecular complexity index is 3560. The van der Waals surface area contributed by atoms with Crippen LogP contribution in [0.4, 0.5) is 0 Å². The maximum absolute atomic E-state index is 5.35. The lowest BCUT2D eigenvalue weighted by Crippen LogP contribution is -2.01. The fraction of sp³-hybridized carbons (Fsp3) is 0. The third-order valence-electron chi connectivity index (χ3n) is 11.4. The van der Waals surface area contributed by atoms with Gasteiger partial charge in [-0.25, -0.2) is 15.0 Å². The van der Waals surface area contributed by atoms with E-state index in [1.807, 2.05) is 17.4 Å². The van der Waals surface area contributed by atoms with Gasteiger partial charge in [-0.15, -0.1) is 11.3 Å². The summed E-state index contributed by atoms with van der Waals surface area (Å²) in [6.45, 7) is 0. The molecule has 0 unspecified atom stereocenters. The van der Waals surface area contributed by atoms with E-state index in [9.17, 15) is 0 Å². The molecule has 3 aromatic heterocycles. The van der Waals surface area contributed by atoms with Gasteiger partial charge in [0.15, 0.2) is 17.5 Å². The van der Waals surface area contributed by atoms with Crippen molar-refractivity contribution in [3.63, 3.8) is 0 Å². The van der Waals surface area contributed by atoms with Gasteiger partial charge in [-0.3, -0.25) is 0 Å². The zero-order chi connectivity index (χ0) is 38.2. The molecule has 0 aliphatic heterocycles. The molecule has 12 aromatic rings. The lowest BCUT2D eigenvalue weighted by atomic mass is 10.0. The van der Waals surface area contributed by atoms with Gasteiger partial charge in [0.1, 0.15) is 0 Å². The van der Waals surface area contributed by atoms with Crippen LogP contribution in [0.3, 0.4) is 0 Å². The highest BCUT2D eigenvalue weighted by Crippen LogP contribution is 2.45. The van der Waals surface area contributed by atoms with E-state index in [1.165, 1.54) is 52.9 Å². The second-order valence-electron chi connectivity index (χ2n) is 14.8. The zero-order valence-corrected chi connectivity index (χ0v) is 32.0. The first-order chi connectivity index (χ1) is 28.7. The molecule has 0 aliphatic rings. The largest absolute Gasteiger partial charge is 0.308 e. The number of benzene rings is 9. The van der Waals surface area contributed by atoms with Gasteiger partial charge in [0.2, 0.25) is 0 Å². The summed E-state index contributed by atoms with van der Waals surface area (Å²) in [7, 11) is 0. The zero-order valence-electron chi connectivity index (χ0n) is 31.2. The smallest absolute Gasteiger partial charge is 0.164 e. The summed E-state index contributed by atoms with van der Waals surface area (Å²) in [6.07, 6.45) is 0. The van der Waals surface area contributed by atoms with Gasteiger partial charge in [0.05, 0.1) is 21.4 Å². The van der Waals surface area contributed by atoms with Crippen molar-refractivity contribution in [2.75, 3.05) is 0 Å². The number of para-hydroxylation sites is 1. The highest BCUT2D eigenvalue weighted by molar-refractivity contribution is 7.26. The molecule has 0 radical (unpaired) electrons. The molecular weight excluding hydrogens is 725 g/mol. The average molecular weight is 757 g/mol. The summed E-state index contributed by atoms with van der Waals surface area (Å²) in [6, 6.07) is 69.1. The number of hydrogen-bond acceptors (Lipinski definition) is 4. The molecule has 0 aliphatic carbocycles. The lowest BCUT2D eigenvalue weighted by molar-refractivity contribution is 1.08. The Morgan fingerprint density at radius 2 is 0.966 bits per heavy atom. The quantitative estimate of drug-likeness (QED) is 0.176. The third-order valence-corrected chi connectivity index (χ3v) is 12.6. The van der Waals surface area contributed by atoms with Gasteiger partial charge >= 0.3 is 0 Å². The Morgan fingerprint density at radius 1 is 0.362 bits per heavy atom. The van der Waals surface area contributed by atoms with E-state index in [1.54, 1.807) is 0 Å². The van der Waals surface area contributed by atoms with E-state index in [-0.39, 0.29) is 0 Å². The van der Waals surface area contributed by atoms with Gasteiger partial charge in [-0.1, -0.05) is 158 Å². The molecular formula is C53H32N4S. The lowest BCUT2D eigenvalue weighted by Gasteiger charge is -2.14. The molecule has 58 heavy (non-hydrogen) atoms. The summed E-state index contributed by atoms with van der Waals surface area (Å²) in [5.41, 5.74) is 8.72. The summed E-state index contributed by atoms with van der Waals surface area (Å²) in [4.78, 5) is 15.9. The Morgan fingerprint density at radius 3 is 1.79 bits per heavy atom. The molecule has 0 fully saturated rings. The van der Waals surface area contributed by atoms with Crippen LogP contribution in [0.25, 0.3) is 115 Å². The van der Waals surface area contributed by atoms with E-state index in [2.05, 4.69) is 193 Å². The monoisotopic (exact) mass is 756 g/mol. The Kier molecular flexibility index (Phi) is 7.37. The summed E-state index contributed by atoms with van der Waals surface area (Å²) in [5.74, 6) is 1.93. The highest BCUT2D eigenvalue weighted by atomic mass is 32.1. The molecule has 270 valence electrons. The van der Waals surface area contributed by atoms with Crippen molar-refractivity contribution in [2.45, 2.75) is 0 Å². The molecule has 12 rings (SSSR count). The van der Waals surface area contributed by atoms with Crippen molar-refractivity contribution in [3.8, 4) is 51.0 Å². The van der Waals surface area contributed by atoms with Crippen LogP contribution >= 0.6 is 11.3 Å². The van der Waals surface area contributed by atoms with Crippen molar-refractivity contribution in [3.05, 3.63) is 194 Å². The number of fused-ring (bicyclic) bond motifs is 8. The van der Waals surface area contributed by atoms with Crippen LogP contribution in [0, 0.1) is 0 Å². The minimum Gasteiger partial charge on any atom is -0.308 e. The van der Waals surface area contributed by atoms with Gasteiger partial charge < -0.3 is 4.57 Å². The predicted molar refractivity (Wildman–Crippen MR) is 244 cm³/mol. The molecule has 9 aromatic carbocycles. The number of hydrogen-bond donors (Lipinski definition) is 0. The van der Waals surface area contributed by atoms with Crippen LogP contribution in [0.1, 0.15) is 0 Å². The minimum absolute atomic E-state index is 0.638. The maximum atomic E-state index is 5.35. The molecule has 0 spiro atoms. The van der Waals surface area contributed by atoms with Crippen LogP contribution in [0.5, 0.6) is 0 Å². The minimum atomic E-state index is 0.638. The van der Waals surface area contributed by atoms with Crippen molar-refractivity contribution < 1.29 is 0 Å². The van der Waals surface area contributed by atoms with Crippen LogP contribution in [-0.4, -0.2) is 19.5 Å². The number of thiophene rings is 1. The third kappa shape index (κ3) is 5.18. The summed E-state index contributed by atoms with van der Waals surface area (Å²) < 4.78 is 4.86. The Balaban J connectivity index is 1.13. The van der Waals surface area contributed by atoms with Gasteiger partial charge in [-0.2, -0.15) is 0 Å². The van der Waals surface area contributed by atoms with Crippen LogP contribution < -0.4 is 0 Å². The fourth-order valence-corrected chi connectivity index (χ4v) is 9.93. The van der Waals surface area contributed by atoms with Crippen LogP contribution in [0.2, 0.25) is 0 Å².